The largest absolute Gasteiger partial charge is 0.416 e. The lowest BCUT2D eigenvalue weighted by molar-refractivity contribution is -0.137. The van der Waals surface area contributed by atoms with E-state index in [4.69, 9.17) is 0 Å². The predicted molar refractivity (Wildman–Crippen MR) is 126 cm³/mol. The Morgan fingerprint density at radius 3 is 2.69 bits per heavy atom. The SMILES string of the molecule is Cl.FC(F)(F)c1ccc([C@]23C[C@H]2CN(CCCSc2ncc(-c4cccnc4)s2)C3)cc1. The summed E-state index contributed by atoms with van der Waals surface area (Å²) in [4.78, 5) is 12.3. The normalized spacial score (nSPS) is 22.4. The molecule has 1 saturated heterocycles. The number of likely N-dealkylation sites (tertiary alicyclic amines) is 1. The van der Waals surface area contributed by atoms with Gasteiger partial charge in [0.1, 0.15) is 4.34 Å². The summed E-state index contributed by atoms with van der Waals surface area (Å²) in [5.41, 5.74) is 1.67. The number of pyridine rings is 1. The first-order valence-corrected chi connectivity index (χ1v) is 12.1. The molecular formula is C23H23ClF3N3S2. The van der Waals surface area contributed by atoms with Crippen molar-refractivity contribution in [1.29, 1.82) is 0 Å². The highest BCUT2D eigenvalue weighted by atomic mass is 35.5. The molecule has 3 nitrogen and oxygen atoms in total. The fourth-order valence-electron chi connectivity index (χ4n) is 4.61. The summed E-state index contributed by atoms with van der Waals surface area (Å²) >= 11 is 3.48. The number of halogens is 4. The number of hydrogen-bond acceptors (Lipinski definition) is 5. The van der Waals surface area contributed by atoms with Crippen molar-refractivity contribution in [3.05, 3.63) is 66.1 Å². The van der Waals surface area contributed by atoms with Crippen LogP contribution in [0.3, 0.4) is 0 Å². The van der Waals surface area contributed by atoms with E-state index < -0.39 is 11.7 Å². The standard InChI is InChI=1S/C23H22F3N3S2.ClH/c24-23(25,26)18-6-4-17(5-7-18)22-11-19(22)14-29(15-22)9-2-10-30-21-28-13-20(31-21)16-3-1-8-27-12-16;/h1,3-8,12-13,19H,2,9-11,14-15H2;1H/t19-,22+;/m0./s1. The molecule has 0 amide bonds. The Kier molecular flexibility index (Phi) is 6.86. The van der Waals surface area contributed by atoms with E-state index in [1.54, 1.807) is 41.4 Å². The van der Waals surface area contributed by atoms with Gasteiger partial charge >= 0.3 is 6.18 Å². The Bertz CT molecular complexity index is 1040. The van der Waals surface area contributed by atoms with E-state index in [0.29, 0.717) is 5.92 Å². The van der Waals surface area contributed by atoms with Crippen molar-refractivity contribution in [2.75, 3.05) is 25.4 Å². The second-order valence-corrected chi connectivity index (χ2v) is 10.7. The minimum atomic E-state index is -4.27. The first-order valence-electron chi connectivity index (χ1n) is 10.3. The molecule has 1 aliphatic carbocycles. The lowest BCUT2D eigenvalue weighted by Gasteiger charge is -2.21. The number of thiazole rings is 1. The van der Waals surface area contributed by atoms with Gasteiger partial charge in [0, 0.05) is 48.4 Å². The molecule has 32 heavy (non-hydrogen) atoms. The van der Waals surface area contributed by atoms with Crippen LogP contribution in [0.4, 0.5) is 13.2 Å². The predicted octanol–water partition coefficient (Wildman–Crippen LogP) is 6.40. The summed E-state index contributed by atoms with van der Waals surface area (Å²) in [7, 11) is 0. The van der Waals surface area contributed by atoms with Crippen LogP contribution in [-0.2, 0) is 11.6 Å². The van der Waals surface area contributed by atoms with E-state index in [2.05, 4.69) is 14.9 Å². The maximum Gasteiger partial charge on any atom is 0.416 e. The average Bonchev–Trinajstić information content (AvgIpc) is 3.11. The quantitative estimate of drug-likeness (QED) is 0.279. The maximum atomic E-state index is 12.8. The highest BCUT2D eigenvalue weighted by Crippen LogP contribution is 2.59. The third kappa shape index (κ3) is 4.83. The van der Waals surface area contributed by atoms with Crippen molar-refractivity contribution >= 4 is 35.5 Å². The summed E-state index contributed by atoms with van der Waals surface area (Å²) < 4.78 is 39.6. The monoisotopic (exact) mass is 497 g/mol. The molecule has 0 unspecified atom stereocenters. The number of aromatic nitrogens is 2. The van der Waals surface area contributed by atoms with Crippen molar-refractivity contribution in [1.82, 2.24) is 14.9 Å². The molecule has 2 atom stereocenters. The number of benzene rings is 1. The Morgan fingerprint density at radius 1 is 1.16 bits per heavy atom. The number of fused-ring (bicyclic) bond motifs is 1. The van der Waals surface area contributed by atoms with Crippen LogP contribution in [0.15, 0.2) is 59.3 Å². The fraction of sp³-hybridized carbons (Fsp3) is 0.391. The number of alkyl halides is 3. The Hall–Kier alpha value is -1.61. The molecule has 0 bridgehead atoms. The highest BCUT2D eigenvalue weighted by molar-refractivity contribution is 8.01. The van der Waals surface area contributed by atoms with Gasteiger partial charge in [-0.05, 0) is 49.1 Å². The van der Waals surface area contributed by atoms with Crippen molar-refractivity contribution in [2.24, 2.45) is 5.92 Å². The molecule has 2 fully saturated rings. The zero-order valence-corrected chi connectivity index (χ0v) is 19.7. The van der Waals surface area contributed by atoms with Crippen molar-refractivity contribution in [3.8, 4) is 10.4 Å². The summed E-state index contributed by atoms with van der Waals surface area (Å²) in [5, 5.41) is 0. The van der Waals surface area contributed by atoms with Gasteiger partial charge < -0.3 is 4.90 Å². The zero-order valence-electron chi connectivity index (χ0n) is 17.2. The van der Waals surface area contributed by atoms with Crippen molar-refractivity contribution in [3.63, 3.8) is 0 Å². The lowest BCUT2D eigenvalue weighted by Crippen LogP contribution is -2.28. The lowest BCUT2D eigenvalue weighted by atomic mass is 9.94. The van der Waals surface area contributed by atoms with Gasteiger partial charge in [0.05, 0.1) is 10.4 Å². The molecule has 1 aliphatic heterocycles. The molecule has 170 valence electrons. The van der Waals surface area contributed by atoms with Gasteiger partial charge in [0.25, 0.3) is 0 Å². The molecule has 0 radical (unpaired) electrons. The van der Waals surface area contributed by atoms with E-state index in [1.165, 1.54) is 12.1 Å². The smallest absolute Gasteiger partial charge is 0.302 e. The molecule has 2 aliphatic rings. The van der Waals surface area contributed by atoms with Crippen LogP contribution in [0.2, 0.25) is 0 Å². The van der Waals surface area contributed by atoms with Crippen LogP contribution in [0.5, 0.6) is 0 Å². The minimum absolute atomic E-state index is 0. The number of thioether (sulfide) groups is 1. The number of nitrogens with zero attached hydrogens (tertiary/aromatic N) is 3. The Balaban J connectivity index is 0.00000245. The van der Waals surface area contributed by atoms with Crippen LogP contribution < -0.4 is 0 Å². The third-order valence-corrected chi connectivity index (χ3v) is 8.57. The van der Waals surface area contributed by atoms with E-state index >= 15 is 0 Å². The molecule has 5 rings (SSSR count). The number of rotatable bonds is 7. The molecule has 2 aromatic heterocycles. The van der Waals surface area contributed by atoms with Gasteiger partial charge in [0.2, 0.25) is 0 Å². The summed E-state index contributed by atoms with van der Waals surface area (Å²) in [5.74, 6) is 1.59. The molecule has 9 heteroatoms. The Morgan fingerprint density at radius 2 is 1.97 bits per heavy atom. The summed E-state index contributed by atoms with van der Waals surface area (Å²) in [6.07, 6.45) is 3.43. The molecule has 3 aromatic rings. The molecule has 0 N–H and O–H groups in total. The van der Waals surface area contributed by atoms with E-state index in [0.717, 1.165) is 58.6 Å². The maximum absolute atomic E-state index is 12.8. The summed E-state index contributed by atoms with van der Waals surface area (Å²) in [6.45, 7) is 3.02. The van der Waals surface area contributed by atoms with Gasteiger partial charge in [0.15, 0.2) is 0 Å². The van der Waals surface area contributed by atoms with Gasteiger partial charge in [-0.25, -0.2) is 4.98 Å². The van der Waals surface area contributed by atoms with Crippen LogP contribution in [0.1, 0.15) is 24.0 Å². The van der Waals surface area contributed by atoms with Crippen LogP contribution in [0.25, 0.3) is 10.4 Å². The van der Waals surface area contributed by atoms with Gasteiger partial charge in [-0.1, -0.05) is 30.0 Å². The van der Waals surface area contributed by atoms with Gasteiger partial charge in [-0.15, -0.1) is 23.7 Å². The molecule has 1 saturated carbocycles. The fourth-order valence-corrected chi connectivity index (χ4v) is 6.58. The van der Waals surface area contributed by atoms with Gasteiger partial charge in [-0.3, -0.25) is 4.98 Å². The average molecular weight is 498 g/mol. The van der Waals surface area contributed by atoms with E-state index in [9.17, 15) is 13.2 Å². The highest BCUT2D eigenvalue weighted by Gasteiger charge is 2.60. The second-order valence-electron chi connectivity index (χ2n) is 8.30. The molecule has 1 aromatic carbocycles. The van der Waals surface area contributed by atoms with Crippen molar-refractivity contribution in [2.45, 2.75) is 28.8 Å². The molecule has 0 spiro atoms. The number of piperidine rings is 1. The molecule has 3 heterocycles. The van der Waals surface area contributed by atoms with E-state index in [1.807, 2.05) is 24.5 Å². The first-order chi connectivity index (χ1) is 14.9. The van der Waals surface area contributed by atoms with Gasteiger partial charge in [-0.2, -0.15) is 13.2 Å². The third-order valence-electron chi connectivity index (χ3n) is 6.28. The van der Waals surface area contributed by atoms with Crippen molar-refractivity contribution < 1.29 is 13.2 Å². The van der Waals surface area contributed by atoms with Crippen LogP contribution in [0, 0.1) is 5.92 Å². The van der Waals surface area contributed by atoms with Crippen LogP contribution >= 0.6 is 35.5 Å². The topological polar surface area (TPSA) is 29.0 Å². The molecular weight excluding hydrogens is 475 g/mol. The summed E-state index contributed by atoms with van der Waals surface area (Å²) in [6, 6.07) is 9.80. The first kappa shape index (κ1) is 23.5. The minimum Gasteiger partial charge on any atom is -0.302 e. The zero-order chi connectivity index (χ0) is 21.5. The second kappa shape index (κ2) is 9.33. The number of hydrogen-bond donors (Lipinski definition) is 0. The van der Waals surface area contributed by atoms with Crippen LogP contribution in [-0.4, -0.2) is 40.3 Å². The van der Waals surface area contributed by atoms with E-state index in [-0.39, 0.29) is 17.8 Å². The Labute approximate surface area is 199 Å².